The Morgan fingerprint density at radius 2 is 1.86 bits per heavy atom. The van der Waals surface area contributed by atoms with E-state index in [9.17, 15) is 9.59 Å². The van der Waals surface area contributed by atoms with Gasteiger partial charge in [-0.05, 0) is 51.1 Å². The molecule has 122 valence electrons. The number of hydrogen-bond donors (Lipinski definition) is 1. The second-order valence-electron chi connectivity index (χ2n) is 6.21. The van der Waals surface area contributed by atoms with Crippen molar-refractivity contribution in [2.75, 3.05) is 33.7 Å². The number of likely N-dealkylation sites (N-methyl/N-ethyl adjacent to an activating group) is 1. The fraction of sp³-hybridized carbons (Fsp3) is 0.867. The molecule has 2 aliphatic rings. The van der Waals surface area contributed by atoms with Crippen molar-refractivity contribution in [3.63, 3.8) is 0 Å². The molecule has 2 rings (SSSR count). The molecule has 1 N–H and O–H groups in total. The van der Waals surface area contributed by atoms with E-state index in [1.54, 1.807) is 19.0 Å². The highest BCUT2D eigenvalue weighted by atomic mass is 35.5. The van der Waals surface area contributed by atoms with Gasteiger partial charge in [0.15, 0.2) is 0 Å². The fourth-order valence-electron chi connectivity index (χ4n) is 3.26. The zero-order valence-electron chi connectivity index (χ0n) is 13.1. The summed E-state index contributed by atoms with van der Waals surface area (Å²) in [6.45, 7) is 2.89. The molecule has 0 radical (unpaired) electrons. The molecule has 0 aliphatic carbocycles. The van der Waals surface area contributed by atoms with Crippen LogP contribution in [0.15, 0.2) is 0 Å². The van der Waals surface area contributed by atoms with Gasteiger partial charge < -0.3 is 15.1 Å². The first-order valence-corrected chi connectivity index (χ1v) is 7.81. The van der Waals surface area contributed by atoms with Gasteiger partial charge in [-0.1, -0.05) is 0 Å². The predicted octanol–water partition coefficient (Wildman–Crippen LogP) is 1.27. The fourth-order valence-corrected chi connectivity index (χ4v) is 3.26. The summed E-state index contributed by atoms with van der Waals surface area (Å²) >= 11 is 0. The average molecular weight is 318 g/mol. The van der Waals surface area contributed by atoms with Gasteiger partial charge in [-0.25, -0.2) is 0 Å². The summed E-state index contributed by atoms with van der Waals surface area (Å²) in [5.41, 5.74) is 0. The molecule has 2 aliphatic heterocycles. The Kier molecular flexibility index (Phi) is 7.46. The molecule has 0 aromatic carbocycles. The standard InChI is InChI=1S/C15H27N3O2.ClH/c1-17(2)15(20)13-4-3-11-18(13)14(19)6-5-12-7-9-16-10-8-12;/h12-13,16H,3-11H2,1-2H3;1H. The van der Waals surface area contributed by atoms with Crippen LogP contribution in [0.3, 0.4) is 0 Å². The minimum absolute atomic E-state index is 0. The minimum atomic E-state index is -0.217. The normalized spacial score (nSPS) is 22.8. The average Bonchev–Trinajstić information content (AvgIpc) is 2.94. The monoisotopic (exact) mass is 317 g/mol. The molecule has 1 atom stereocenters. The van der Waals surface area contributed by atoms with E-state index < -0.39 is 0 Å². The number of nitrogens with zero attached hydrogens (tertiary/aromatic N) is 2. The number of carbonyl (C=O) groups excluding carboxylic acids is 2. The number of hydrogen-bond acceptors (Lipinski definition) is 3. The highest BCUT2D eigenvalue weighted by Gasteiger charge is 2.34. The topological polar surface area (TPSA) is 52.7 Å². The van der Waals surface area contributed by atoms with Crippen LogP contribution in [0.1, 0.15) is 38.5 Å². The smallest absolute Gasteiger partial charge is 0.244 e. The van der Waals surface area contributed by atoms with E-state index in [4.69, 9.17) is 0 Å². The summed E-state index contributed by atoms with van der Waals surface area (Å²) in [6.07, 6.45) is 5.68. The van der Waals surface area contributed by atoms with Crippen LogP contribution >= 0.6 is 12.4 Å². The molecule has 21 heavy (non-hydrogen) atoms. The molecule has 6 heteroatoms. The molecule has 2 amide bonds. The first-order valence-electron chi connectivity index (χ1n) is 7.81. The van der Waals surface area contributed by atoms with Crippen molar-refractivity contribution < 1.29 is 9.59 Å². The largest absolute Gasteiger partial charge is 0.347 e. The number of rotatable bonds is 4. The van der Waals surface area contributed by atoms with Crippen LogP contribution in [0.25, 0.3) is 0 Å². The molecule has 0 saturated carbocycles. The molecule has 0 spiro atoms. The number of amides is 2. The van der Waals surface area contributed by atoms with Crippen LogP contribution in [-0.4, -0.2) is 61.4 Å². The molecule has 0 aromatic heterocycles. The third-order valence-electron chi connectivity index (χ3n) is 4.52. The van der Waals surface area contributed by atoms with Crippen molar-refractivity contribution in [3.8, 4) is 0 Å². The number of likely N-dealkylation sites (tertiary alicyclic amines) is 1. The van der Waals surface area contributed by atoms with Crippen molar-refractivity contribution in [1.82, 2.24) is 15.1 Å². The second-order valence-corrected chi connectivity index (χ2v) is 6.21. The lowest BCUT2D eigenvalue weighted by Gasteiger charge is -2.27. The van der Waals surface area contributed by atoms with Crippen LogP contribution in [0.5, 0.6) is 0 Å². The van der Waals surface area contributed by atoms with E-state index in [-0.39, 0.29) is 30.3 Å². The number of piperidine rings is 1. The Labute approximate surface area is 133 Å². The zero-order valence-corrected chi connectivity index (χ0v) is 14.0. The Hall–Kier alpha value is -0.810. The van der Waals surface area contributed by atoms with Crippen molar-refractivity contribution in [2.45, 2.75) is 44.6 Å². The molecule has 1 unspecified atom stereocenters. The van der Waals surface area contributed by atoms with Gasteiger partial charge in [0, 0.05) is 27.1 Å². The maximum Gasteiger partial charge on any atom is 0.244 e. The molecule has 2 fully saturated rings. The van der Waals surface area contributed by atoms with Crippen LogP contribution in [-0.2, 0) is 9.59 Å². The zero-order chi connectivity index (χ0) is 14.5. The number of nitrogens with one attached hydrogen (secondary N) is 1. The minimum Gasteiger partial charge on any atom is -0.347 e. The SMILES string of the molecule is CN(C)C(=O)C1CCCN1C(=O)CCC1CCNCC1.Cl. The van der Waals surface area contributed by atoms with Crippen molar-refractivity contribution in [1.29, 1.82) is 0 Å². The molecule has 5 nitrogen and oxygen atoms in total. The van der Waals surface area contributed by atoms with E-state index in [1.165, 1.54) is 12.8 Å². The van der Waals surface area contributed by atoms with Gasteiger partial charge in [-0.15, -0.1) is 12.4 Å². The second kappa shape index (κ2) is 8.59. The quantitative estimate of drug-likeness (QED) is 0.849. The summed E-state index contributed by atoms with van der Waals surface area (Å²) in [5, 5.41) is 3.35. The summed E-state index contributed by atoms with van der Waals surface area (Å²) in [5.74, 6) is 0.907. The van der Waals surface area contributed by atoms with E-state index >= 15 is 0 Å². The number of halogens is 1. The Morgan fingerprint density at radius 1 is 1.19 bits per heavy atom. The highest BCUT2D eigenvalue weighted by Crippen LogP contribution is 2.23. The first-order chi connectivity index (χ1) is 9.59. The van der Waals surface area contributed by atoms with Crippen LogP contribution in [0.4, 0.5) is 0 Å². The van der Waals surface area contributed by atoms with Gasteiger partial charge in [-0.3, -0.25) is 9.59 Å². The van der Waals surface area contributed by atoms with E-state index in [2.05, 4.69) is 5.32 Å². The highest BCUT2D eigenvalue weighted by molar-refractivity contribution is 5.88. The van der Waals surface area contributed by atoms with E-state index in [1.807, 2.05) is 4.90 Å². The Bertz CT molecular complexity index is 357. The predicted molar refractivity (Wildman–Crippen MR) is 85.5 cm³/mol. The molecule has 0 aromatic rings. The van der Waals surface area contributed by atoms with Crippen LogP contribution in [0, 0.1) is 5.92 Å². The van der Waals surface area contributed by atoms with Gasteiger partial charge in [0.2, 0.25) is 11.8 Å². The van der Waals surface area contributed by atoms with Crippen LogP contribution in [0.2, 0.25) is 0 Å². The third kappa shape index (κ3) is 4.85. The van der Waals surface area contributed by atoms with Crippen LogP contribution < -0.4 is 5.32 Å². The van der Waals surface area contributed by atoms with Gasteiger partial charge in [0.1, 0.15) is 6.04 Å². The first kappa shape index (κ1) is 18.2. The maximum absolute atomic E-state index is 12.4. The lowest BCUT2D eigenvalue weighted by molar-refractivity contribution is -0.142. The summed E-state index contributed by atoms with van der Waals surface area (Å²) in [7, 11) is 3.52. The summed E-state index contributed by atoms with van der Waals surface area (Å²) < 4.78 is 0. The van der Waals surface area contributed by atoms with Crippen molar-refractivity contribution >= 4 is 24.2 Å². The maximum atomic E-state index is 12.4. The number of carbonyl (C=O) groups is 2. The van der Waals surface area contributed by atoms with Crippen molar-refractivity contribution in [3.05, 3.63) is 0 Å². The van der Waals surface area contributed by atoms with Gasteiger partial charge >= 0.3 is 0 Å². The lowest BCUT2D eigenvalue weighted by Crippen LogP contribution is -2.45. The van der Waals surface area contributed by atoms with E-state index in [0.717, 1.165) is 38.9 Å². The van der Waals surface area contributed by atoms with Crippen molar-refractivity contribution in [2.24, 2.45) is 5.92 Å². The molecule has 0 bridgehead atoms. The molecule has 2 saturated heterocycles. The van der Waals surface area contributed by atoms with Gasteiger partial charge in [-0.2, -0.15) is 0 Å². The molecular formula is C15H28ClN3O2. The van der Waals surface area contributed by atoms with Gasteiger partial charge in [0.05, 0.1) is 0 Å². The Balaban J connectivity index is 0.00000220. The molecule has 2 heterocycles. The molecular weight excluding hydrogens is 290 g/mol. The van der Waals surface area contributed by atoms with E-state index in [0.29, 0.717) is 12.3 Å². The Morgan fingerprint density at radius 3 is 2.48 bits per heavy atom. The summed E-state index contributed by atoms with van der Waals surface area (Å²) in [6, 6.07) is -0.217. The third-order valence-corrected chi connectivity index (χ3v) is 4.52. The lowest BCUT2D eigenvalue weighted by atomic mass is 9.93. The summed E-state index contributed by atoms with van der Waals surface area (Å²) in [4.78, 5) is 27.9. The van der Waals surface area contributed by atoms with Gasteiger partial charge in [0.25, 0.3) is 0 Å².